The van der Waals surface area contributed by atoms with Crippen LogP contribution in [-0.2, 0) is 0 Å². The van der Waals surface area contributed by atoms with Crippen molar-refractivity contribution < 1.29 is 4.79 Å². The lowest BCUT2D eigenvalue weighted by atomic mass is 10.1. The van der Waals surface area contributed by atoms with Crippen molar-refractivity contribution in [3.8, 4) is 11.4 Å². The van der Waals surface area contributed by atoms with Gasteiger partial charge in [-0.25, -0.2) is 14.8 Å². The molecule has 1 fully saturated rings. The molecule has 4 aromatic rings. The lowest BCUT2D eigenvalue weighted by Gasteiger charge is -2.32. The molecule has 0 saturated carbocycles. The van der Waals surface area contributed by atoms with Crippen molar-refractivity contribution in [2.45, 2.75) is 0 Å². The monoisotopic (exact) mass is 480 g/mol. The Balaban J connectivity index is 1.45. The number of carbonyl (C=O) groups excluding carboxylic acids is 1. The van der Waals surface area contributed by atoms with E-state index in [1.165, 1.54) is 6.21 Å². The number of nitrogen functional groups attached to an aromatic ring is 1. The molecule has 5 N–H and O–H groups in total. The fraction of sp³-hybridized carbons (Fsp3) is 0.185. The zero-order chi connectivity index (χ0) is 25.1. The number of para-hydroxylation sites is 1. The molecule has 0 unspecified atom stereocenters. The molecule has 0 bridgehead atoms. The maximum absolute atomic E-state index is 12.8. The lowest BCUT2D eigenvalue weighted by molar-refractivity contribution is 0.164. The lowest BCUT2D eigenvalue weighted by Crippen LogP contribution is -2.48. The number of likely N-dealkylation sites (N-methyl/N-ethyl adjacent to an activating group) is 1. The molecule has 2 amide bonds. The quantitative estimate of drug-likeness (QED) is 0.248. The number of hydrogen-bond acceptors (Lipinski definition) is 7. The zero-order valence-corrected chi connectivity index (χ0v) is 20.0. The highest BCUT2D eigenvalue weighted by molar-refractivity contribution is 5.94. The highest BCUT2D eigenvalue weighted by Gasteiger charge is 2.19. The smallest absolute Gasteiger partial charge is 0.321 e. The molecule has 0 radical (unpaired) electrons. The molecular weight excluding hydrogens is 452 g/mol. The van der Waals surface area contributed by atoms with E-state index in [2.05, 4.69) is 22.6 Å². The minimum atomic E-state index is -0.104. The summed E-state index contributed by atoms with van der Waals surface area (Å²) in [5, 5.41) is 14.8. The number of carbonyl (C=O) groups is 1. The average Bonchev–Trinajstić information content (AvgIpc) is 2.90. The molecule has 9 nitrogen and oxygen atoms in total. The Morgan fingerprint density at radius 1 is 0.972 bits per heavy atom. The molecule has 0 spiro atoms. The second kappa shape index (κ2) is 10.0. The minimum Gasteiger partial charge on any atom is -0.398 e. The summed E-state index contributed by atoms with van der Waals surface area (Å²) in [6.45, 7) is 3.14. The number of rotatable bonds is 5. The summed E-state index contributed by atoms with van der Waals surface area (Å²) in [4.78, 5) is 26.4. The first kappa shape index (κ1) is 23.3. The molecule has 9 heteroatoms. The van der Waals surface area contributed by atoms with Crippen LogP contribution < -0.4 is 16.4 Å². The zero-order valence-electron chi connectivity index (χ0n) is 20.0. The van der Waals surface area contributed by atoms with Gasteiger partial charge >= 0.3 is 6.03 Å². The van der Waals surface area contributed by atoms with Crippen LogP contribution in [0, 0.1) is 5.41 Å². The van der Waals surface area contributed by atoms with E-state index in [4.69, 9.17) is 21.1 Å². The van der Waals surface area contributed by atoms with Crippen molar-refractivity contribution in [3.63, 3.8) is 0 Å². The number of amides is 2. The number of anilines is 4. The number of piperazine rings is 1. The van der Waals surface area contributed by atoms with E-state index in [9.17, 15) is 4.79 Å². The fourth-order valence-electron chi connectivity index (χ4n) is 4.16. The van der Waals surface area contributed by atoms with E-state index in [0.717, 1.165) is 35.2 Å². The van der Waals surface area contributed by atoms with Crippen LogP contribution in [0.3, 0.4) is 0 Å². The van der Waals surface area contributed by atoms with Crippen LogP contribution in [0.25, 0.3) is 22.3 Å². The Morgan fingerprint density at radius 3 is 2.58 bits per heavy atom. The van der Waals surface area contributed by atoms with Crippen LogP contribution in [-0.4, -0.2) is 65.2 Å². The average molecular weight is 481 g/mol. The van der Waals surface area contributed by atoms with Crippen molar-refractivity contribution in [1.29, 1.82) is 5.41 Å². The fourth-order valence-corrected chi connectivity index (χ4v) is 4.16. The molecule has 3 aromatic carbocycles. The predicted molar refractivity (Wildman–Crippen MR) is 145 cm³/mol. The number of benzene rings is 3. The highest BCUT2D eigenvalue weighted by Crippen LogP contribution is 2.29. The van der Waals surface area contributed by atoms with Gasteiger partial charge < -0.3 is 31.6 Å². The normalized spacial score (nSPS) is 14.0. The van der Waals surface area contributed by atoms with E-state index < -0.39 is 0 Å². The van der Waals surface area contributed by atoms with Gasteiger partial charge in [-0.2, -0.15) is 0 Å². The second-order valence-corrected chi connectivity index (χ2v) is 8.83. The maximum atomic E-state index is 12.8. The Hall–Kier alpha value is -4.50. The van der Waals surface area contributed by atoms with Crippen molar-refractivity contribution >= 4 is 46.0 Å². The number of aromatic nitrogens is 2. The third kappa shape index (κ3) is 4.96. The summed E-state index contributed by atoms with van der Waals surface area (Å²) in [6.07, 6.45) is 1.23. The topological polar surface area (TPSA) is 123 Å². The van der Waals surface area contributed by atoms with Gasteiger partial charge in [0.25, 0.3) is 0 Å². The molecule has 1 aliphatic rings. The first-order chi connectivity index (χ1) is 17.5. The highest BCUT2D eigenvalue weighted by atomic mass is 16.2. The Morgan fingerprint density at radius 2 is 1.78 bits per heavy atom. The molecule has 1 aromatic heterocycles. The Bertz CT molecular complexity index is 1430. The Kier molecular flexibility index (Phi) is 6.46. The van der Waals surface area contributed by atoms with Gasteiger partial charge in [0.05, 0.1) is 5.52 Å². The molecule has 5 rings (SSSR count). The summed E-state index contributed by atoms with van der Waals surface area (Å²) in [6, 6.07) is 20.7. The first-order valence-electron chi connectivity index (χ1n) is 11.8. The summed E-state index contributed by atoms with van der Waals surface area (Å²) in [7, 11) is 2.06. The Labute approximate surface area is 209 Å². The molecule has 0 atom stereocenters. The summed E-state index contributed by atoms with van der Waals surface area (Å²) in [5.74, 6) is 1.18. The van der Waals surface area contributed by atoms with Crippen molar-refractivity contribution in [2.75, 3.05) is 49.6 Å². The third-order valence-corrected chi connectivity index (χ3v) is 6.27. The third-order valence-electron chi connectivity index (χ3n) is 6.27. The van der Waals surface area contributed by atoms with Crippen LogP contribution in [0.4, 0.5) is 27.7 Å². The summed E-state index contributed by atoms with van der Waals surface area (Å²) in [5.41, 5.74) is 10.2. The van der Waals surface area contributed by atoms with Gasteiger partial charge in [-0.15, -0.1) is 0 Å². The van der Waals surface area contributed by atoms with Crippen molar-refractivity contribution in [1.82, 2.24) is 19.8 Å². The van der Waals surface area contributed by atoms with Gasteiger partial charge in [0, 0.05) is 66.0 Å². The number of urea groups is 1. The van der Waals surface area contributed by atoms with E-state index in [1.54, 1.807) is 6.07 Å². The van der Waals surface area contributed by atoms with Crippen LogP contribution in [0.15, 0.2) is 66.7 Å². The van der Waals surface area contributed by atoms with Crippen LogP contribution in [0.5, 0.6) is 0 Å². The van der Waals surface area contributed by atoms with Gasteiger partial charge in [0.15, 0.2) is 5.82 Å². The van der Waals surface area contributed by atoms with E-state index in [1.807, 2.05) is 65.6 Å². The number of nitrogens with zero attached hydrogens (tertiary/aromatic N) is 4. The van der Waals surface area contributed by atoms with Gasteiger partial charge in [0.1, 0.15) is 5.82 Å². The van der Waals surface area contributed by atoms with Crippen LogP contribution in [0.1, 0.15) is 5.56 Å². The van der Waals surface area contributed by atoms with Crippen LogP contribution >= 0.6 is 0 Å². The summed E-state index contributed by atoms with van der Waals surface area (Å²) >= 11 is 0. The number of nitrogens with two attached hydrogens (primary N) is 1. The molecule has 1 saturated heterocycles. The van der Waals surface area contributed by atoms with E-state index in [0.29, 0.717) is 41.7 Å². The SMILES string of the molecule is CN1CCN(C(=O)Nc2cccc(-c3nc(Nc4ccc(N)c(C=N)c4)c4ccccc4n3)c2)CC1. The maximum Gasteiger partial charge on any atom is 0.321 e. The molecule has 2 heterocycles. The van der Waals surface area contributed by atoms with Crippen molar-refractivity contribution in [2.24, 2.45) is 0 Å². The van der Waals surface area contributed by atoms with E-state index >= 15 is 0 Å². The molecule has 36 heavy (non-hydrogen) atoms. The van der Waals surface area contributed by atoms with Crippen LogP contribution in [0.2, 0.25) is 0 Å². The predicted octanol–water partition coefficient (Wildman–Crippen LogP) is 4.40. The minimum absolute atomic E-state index is 0.104. The summed E-state index contributed by atoms with van der Waals surface area (Å²) < 4.78 is 0. The van der Waals surface area contributed by atoms with Gasteiger partial charge in [-0.05, 0) is 49.5 Å². The molecule has 0 aliphatic carbocycles. The van der Waals surface area contributed by atoms with Gasteiger partial charge in [-0.1, -0.05) is 24.3 Å². The number of nitrogens with one attached hydrogen (secondary N) is 3. The van der Waals surface area contributed by atoms with Gasteiger partial charge in [0.2, 0.25) is 0 Å². The first-order valence-corrected chi connectivity index (χ1v) is 11.8. The van der Waals surface area contributed by atoms with Crippen molar-refractivity contribution in [3.05, 3.63) is 72.3 Å². The molecule has 1 aliphatic heterocycles. The molecule has 182 valence electrons. The van der Waals surface area contributed by atoms with Gasteiger partial charge in [-0.3, -0.25) is 0 Å². The van der Waals surface area contributed by atoms with E-state index in [-0.39, 0.29) is 6.03 Å². The number of fused-ring (bicyclic) bond motifs is 1. The second-order valence-electron chi connectivity index (χ2n) is 8.83. The number of hydrogen-bond donors (Lipinski definition) is 4. The molecular formula is C27H28N8O. The standard InChI is InChI=1S/C27H28N8O/c1-34-11-13-35(14-12-34)27(36)31-20-6-4-5-18(15-20)25-32-24-8-3-2-7-22(24)26(33-25)30-21-9-10-23(29)19(16-21)17-28/h2-10,15-17,28H,11-14,29H2,1H3,(H,31,36)(H,30,32,33). The largest absolute Gasteiger partial charge is 0.398 e.